The van der Waals surface area contributed by atoms with E-state index in [0.717, 1.165) is 49.9 Å². The zero-order valence-electron chi connectivity index (χ0n) is 16.5. The Bertz CT molecular complexity index is 740. The van der Waals surface area contributed by atoms with Gasteiger partial charge in [-0.15, -0.1) is 0 Å². The highest BCUT2D eigenvalue weighted by molar-refractivity contribution is 5.98. The van der Waals surface area contributed by atoms with Crippen molar-refractivity contribution in [3.05, 3.63) is 18.3 Å². The second-order valence-corrected chi connectivity index (χ2v) is 9.43. The summed E-state index contributed by atoms with van der Waals surface area (Å²) in [5.41, 5.74) is 0.458. The number of nitrogens with zero attached hydrogens (tertiary/aromatic N) is 2. The lowest BCUT2D eigenvalue weighted by molar-refractivity contribution is -0.160. The number of amides is 2. The fourth-order valence-electron chi connectivity index (χ4n) is 6.76. The fourth-order valence-corrected chi connectivity index (χ4v) is 6.76. The minimum absolute atomic E-state index is 0.0949. The molecule has 1 aliphatic heterocycles. The highest BCUT2D eigenvalue weighted by Gasteiger charge is 2.56. The summed E-state index contributed by atoms with van der Waals surface area (Å²) in [6.07, 6.45) is 10.3. The van der Waals surface area contributed by atoms with Gasteiger partial charge in [-0.05, 0) is 75.2 Å². The Kier molecular flexibility index (Phi) is 4.33. The molecule has 0 spiro atoms. The standard InChI is InChI=1S/C22H29N3O3/c1-28-19-5-4-17(13-23-19)24-20(26)18-3-2-6-25(18)21(27)22-10-14-7-15(11-22)9-16(8-14)12-22/h4-5,13-16,18H,2-3,6-12H2,1H3,(H,24,26). The van der Waals surface area contributed by atoms with E-state index in [1.54, 1.807) is 25.4 Å². The molecule has 0 aromatic carbocycles. The van der Waals surface area contributed by atoms with Crippen LogP contribution in [-0.2, 0) is 9.59 Å². The third kappa shape index (κ3) is 2.97. The predicted molar refractivity (Wildman–Crippen MR) is 105 cm³/mol. The number of hydrogen-bond donors (Lipinski definition) is 1. The SMILES string of the molecule is COc1ccc(NC(=O)C2CCCN2C(=O)C23CC4CC(CC(C4)C2)C3)cn1. The van der Waals surface area contributed by atoms with E-state index in [-0.39, 0.29) is 23.3 Å². The van der Waals surface area contributed by atoms with Crippen LogP contribution in [0.25, 0.3) is 0 Å². The summed E-state index contributed by atoms with van der Waals surface area (Å²) in [6.45, 7) is 0.708. The molecule has 28 heavy (non-hydrogen) atoms. The molecule has 1 saturated heterocycles. The van der Waals surface area contributed by atoms with Gasteiger partial charge in [-0.25, -0.2) is 4.98 Å². The van der Waals surface area contributed by atoms with E-state index < -0.39 is 0 Å². The monoisotopic (exact) mass is 383 g/mol. The molecule has 2 amide bonds. The zero-order valence-corrected chi connectivity index (χ0v) is 16.5. The van der Waals surface area contributed by atoms with Crippen LogP contribution in [0.15, 0.2) is 18.3 Å². The van der Waals surface area contributed by atoms with Crippen LogP contribution in [0.5, 0.6) is 5.88 Å². The quantitative estimate of drug-likeness (QED) is 0.866. The van der Waals surface area contributed by atoms with Crippen molar-refractivity contribution in [3.63, 3.8) is 0 Å². The molecule has 2 heterocycles. The summed E-state index contributed by atoms with van der Waals surface area (Å²) in [7, 11) is 1.56. The number of nitrogens with one attached hydrogen (secondary N) is 1. The fraction of sp³-hybridized carbons (Fsp3) is 0.682. The highest BCUT2D eigenvalue weighted by Crippen LogP contribution is 2.60. The number of hydrogen-bond acceptors (Lipinski definition) is 4. The number of anilines is 1. The number of rotatable bonds is 4. The van der Waals surface area contributed by atoms with Gasteiger partial charge >= 0.3 is 0 Å². The molecule has 1 aromatic rings. The second-order valence-electron chi connectivity index (χ2n) is 9.43. The van der Waals surface area contributed by atoms with Gasteiger partial charge in [0.15, 0.2) is 0 Å². The van der Waals surface area contributed by atoms with Crippen molar-refractivity contribution >= 4 is 17.5 Å². The predicted octanol–water partition coefficient (Wildman–Crippen LogP) is 3.24. The van der Waals surface area contributed by atoms with E-state index in [1.165, 1.54) is 19.3 Å². The summed E-state index contributed by atoms with van der Waals surface area (Å²) in [4.78, 5) is 32.7. The molecule has 0 radical (unpaired) electrons. The lowest BCUT2D eigenvalue weighted by atomic mass is 9.49. The van der Waals surface area contributed by atoms with E-state index in [2.05, 4.69) is 10.3 Å². The maximum atomic E-state index is 13.7. The lowest BCUT2D eigenvalue weighted by Crippen LogP contribution is -2.56. The Balaban J connectivity index is 1.31. The van der Waals surface area contributed by atoms with Gasteiger partial charge in [0.1, 0.15) is 6.04 Å². The van der Waals surface area contributed by atoms with Gasteiger partial charge in [0.2, 0.25) is 17.7 Å². The lowest BCUT2D eigenvalue weighted by Gasteiger charge is -2.56. The molecule has 1 aromatic heterocycles. The van der Waals surface area contributed by atoms with Crippen molar-refractivity contribution in [3.8, 4) is 5.88 Å². The highest BCUT2D eigenvalue weighted by atomic mass is 16.5. The van der Waals surface area contributed by atoms with Gasteiger partial charge in [0.05, 0.1) is 24.4 Å². The molecule has 6 nitrogen and oxygen atoms in total. The Hall–Kier alpha value is -2.11. The third-order valence-electron chi connectivity index (χ3n) is 7.52. The van der Waals surface area contributed by atoms with Crippen molar-refractivity contribution in [2.75, 3.05) is 19.0 Å². The minimum Gasteiger partial charge on any atom is -0.481 e. The van der Waals surface area contributed by atoms with Crippen LogP contribution in [0, 0.1) is 23.2 Å². The Morgan fingerprint density at radius 3 is 2.39 bits per heavy atom. The molecular formula is C22H29N3O3. The van der Waals surface area contributed by atoms with Gasteiger partial charge in [-0.1, -0.05) is 0 Å². The van der Waals surface area contributed by atoms with Gasteiger partial charge in [-0.3, -0.25) is 9.59 Å². The second kappa shape index (κ2) is 6.75. The van der Waals surface area contributed by atoms with E-state index in [0.29, 0.717) is 18.1 Å². The maximum absolute atomic E-state index is 13.7. The zero-order chi connectivity index (χ0) is 19.3. The summed E-state index contributed by atoms with van der Waals surface area (Å²) in [6, 6.07) is 3.15. The molecule has 4 aliphatic carbocycles. The van der Waals surface area contributed by atoms with Gasteiger partial charge in [0, 0.05) is 12.6 Å². The molecular weight excluding hydrogens is 354 g/mol. The first-order valence-corrected chi connectivity index (χ1v) is 10.7. The number of carbonyl (C=O) groups excluding carboxylic acids is 2. The molecule has 6 heteroatoms. The minimum atomic E-state index is -0.359. The van der Waals surface area contributed by atoms with Crippen molar-refractivity contribution in [2.24, 2.45) is 23.2 Å². The summed E-state index contributed by atoms with van der Waals surface area (Å²) in [5.74, 6) is 2.87. The van der Waals surface area contributed by atoms with Crippen LogP contribution < -0.4 is 10.1 Å². The van der Waals surface area contributed by atoms with Gasteiger partial charge in [0.25, 0.3) is 0 Å². The molecule has 6 rings (SSSR count). The first-order chi connectivity index (χ1) is 13.6. The molecule has 5 fully saturated rings. The molecule has 1 unspecified atom stereocenters. The number of methoxy groups -OCH3 is 1. The molecule has 4 bridgehead atoms. The summed E-state index contributed by atoms with van der Waals surface area (Å²) >= 11 is 0. The van der Waals surface area contributed by atoms with Crippen LogP contribution in [0.4, 0.5) is 5.69 Å². The molecule has 1 N–H and O–H groups in total. The largest absolute Gasteiger partial charge is 0.481 e. The number of likely N-dealkylation sites (tertiary alicyclic amines) is 1. The van der Waals surface area contributed by atoms with Crippen LogP contribution in [0.2, 0.25) is 0 Å². The smallest absolute Gasteiger partial charge is 0.247 e. The van der Waals surface area contributed by atoms with E-state index >= 15 is 0 Å². The molecule has 5 aliphatic rings. The number of pyridine rings is 1. The van der Waals surface area contributed by atoms with E-state index in [1.807, 2.05) is 4.90 Å². The maximum Gasteiger partial charge on any atom is 0.247 e. The molecule has 150 valence electrons. The van der Waals surface area contributed by atoms with E-state index in [9.17, 15) is 9.59 Å². The van der Waals surface area contributed by atoms with Crippen LogP contribution in [0.3, 0.4) is 0 Å². The molecule has 1 atom stereocenters. The summed E-state index contributed by atoms with van der Waals surface area (Å²) in [5, 5.41) is 2.94. The Morgan fingerprint density at radius 1 is 1.14 bits per heavy atom. The normalized spacial score (nSPS) is 35.8. The molecule has 4 saturated carbocycles. The average Bonchev–Trinajstić information content (AvgIpc) is 3.17. The average molecular weight is 383 g/mol. The van der Waals surface area contributed by atoms with Crippen molar-refractivity contribution in [1.29, 1.82) is 0 Å². The van der Waals surface area contributed by atoms with Crippen molar-refractivity contribution in [2.45, 2.75) is 57.4 Å². The first kappa shape index (κ1) is 18.0. The van der Waals surface area contributed by atoms with Crippen LogP contribution in [0.1, 0.15) is 51.4 Å². The number of carbonyl (C=O) groups is 2. The van der Waals surface area contributed by atoms with Gasteiger partial charge in [-0.2, -0.15) is 0 Å². The Morgan fingerprint density at radius 2 is 1.82 bits per heavy atom. The van der Waals surface area contributed by atoms with Crippen molar-refractivity contribution < 1.29 is 14.3 Å². The number of ether oxygens (including phenoxy) is 1. The van der Waals surface area contributed by atoms with Crippen LogP contribution in [-0.4, -0.2) is 41.4 Å². The van der Waals surface area contributed by atoms with E-state index in [4.69, 9.17) is 4.74 Å². The number of aromatic nitrogens is 1. The first-order valence-electron chi connectivity index (χ1n) is 10.7. The van der Waals surface area contributed by atoms with Gasteiger partial charge < -0.3 is 15.0 Å². The Labute approximate surface area is 166 Å². The van der Waals surface area contributed by atoms with Crippen molar-refractivity contribution in [1.82, 2.24) is 9.88 Å². The summed E-state index contributed by atoms with van der Waals surface area (Å²) < 4.78 is 5.06. The topological polar surface area (TPSA) is 71.5 Å². The third-order valence-corrected chi connectivity index (χ3v) is 7.52. The van der Waals surface area contributed by atoms with Crippen LogP contribution >= 0.6 is 0 Å².